The van der Waals surface area contributed by atoms with Gasteiger partial charge in [-0.1, -0.05) is 0 Å². The summed E-state index contributed by atoms with van der Waals surface area (Å²) in [5, 5.41) is 27.6. The second kappa shape index (κ2) is 4.72. The van der Waals surface area contributed by atoms with E-state index in [0.717, 1.165) is 6.07 Å². The summed E-state index contributed by atoms with van der Waals surface area (Å²) < 4.78 is 38.2. The highest BCUT2D eigenvalue weighted by atomic mass is 19.4. The van der Waals surface area contributed by atoms with Crippen molar-refractivity contribution in [2.45, 2.75) is 12.6 Å². The Morgan fingerprint density at radius 3 is 2.33 bits per heavy atom. The van der Waals surface area contributed by atoms with Gasteiger partial charge in [-0.05, 0) is 11.6 Å². The third-order valence-electron chi connectivity index (χ3n) is 2.08. The van der Waals surface area contributed by atoms with Crippen molar-refractivity contribution in [1.82, 2.24) is 0 Å². The molecule has 0 bridgehead atoms. The molecule has 0 unspecified atom stereocenters. The molecule has 0 saturated carbocycles. The summed E-state index contributed by atoms with van der Waals surface area (Å²) in [6, 6.07) is 4.38. The number of alkyl halides is 3. The van der Waals surface area contributed by atoms with Crippen LogP contribution in [0.2, 0.25) is 0 Å². The van der Waals surface area contributed by atoms with E-state index >= 15 is 0 Å². The lowest BCUT2D eigenvalue weighted by atomic mass is 9.99. The zero-order valence-corrected chi connectivity index (χ0v) is 8.65. The van der Waals surface area contributed by atoms with Crippen LogP contribution >= 0.6 is 0 Å². The molecule has 0 aliphatic carbocycles. The van der Waals surface area contributed by atoms with Crippen LogP contribution in [0.25, 0.3) is 0 Å². The van der Waals surface area contributed by atoms with E-state index in [1.807, 2.05) is 0 Å². The largest absolute Gasteiger partial charge is 0.423 e. The van der Waals surface area contributed by atoms with E-state index in [2.05, 4.69) is 0 Å². The average molecular weight is 255 g/mol. The molecule has 0 radical (unpaired) electrons. The molecule has 0 amide bonds. The first kappa shape index (κ1) is 13.5. The summed E-state index contributed by atoms with van der Waals surface area (Å²) in [5.41, 5.74) is -3.56. The molecule has 0 fully saturated rings. The highest BCUT2D eigenvalue weighted by molar-refractivity contribution is 5.54. The van der Waals surface area contributed by atoms with Gasteiger partial charge in [-0.2, -0.15) is 23.7 Å². The van der Waals surface area contributed by atoms with E-state index in [9.17, 15) is 23.3 Å². The van der Waals surface area contributed by atoms with Crippen LogP contribution in [-0.4, -0.2) is 4.92 Å². The minimum absolute atomic E-state index is 0.292. The number of nitriles is 2. The van der Waals surface area contributed by atoms with Crippen LogP contribution in [0.15, 0.2) is 12.1 Å². The Morgan fingerprint density at radius 2 is 1.94 bits per heavy atom. The van der Waals surface area contributed by atoms with Crippen molar-refractivity contribution in [3.63, 3.8) is 0 Å². The van der Waals surface area contributed by atoms with Crippen LogP contribution in [0.3, 0.4) is 0 Å². The average Bonchev–Trinajstić information content (AvgIpc) is 2.26. The molecule has 92 valence electrons. The SMILES string of the molecule is N#CCc1cc(C#N)cc([N+](=O)[O-])c1C(F)(F)F. The standard InChI is InChI=1S/C10H4F3N3O2/c11-10(12,13)9-7(1-2-14)3-6(5-15)4-8(9)16(17)18/h3-4H,1H2. The third kappa shape index (κ3) is 2.55. The van der Waals surface area contributed by atoms with Crippen molar-refractivity contribution in [3.8, 4) is 12.1 Å². The monoisotopic (exact) mass is 255 g/mol. The molecule has 0 atom stereocenters. The molecule has 0 heterocycles. The molecule has 0 aliphatic rings. The summed E-state index contributed by atoms with van der Waals surface area (Å²) in [4.78, 5) is 9.39. The van der Waals surface area contributed by atoms with Gasteiger partial charge >= 0.3 is 6.18 Å². The molecular formula is C10H4F3N3O2. The zero-order chi connectivity index (χ0) is 13.9. The maximum absolute atomic E-state index is 12.7. The molecule has 18 heavy (non-hydrogen) atoms. The maximum Gasteiger partial charge on any atom is 0.423 e. The first-order valence-corrected chi connectivity index (χ1v) is 4.46. The lowest BCUT2D eigenvalue weighted by Crippen LogP contribution is -2.13. The van der Waals surface area contributed by atoms with Gasteiger partial charge in [0.15, 0.2) is 0 Å². The molecule has 1 rings (SSSR count). The van der Waals surface area contributed by atoms with Crippen LogP contribution in [-0.2, 0) is 12.6 Å². The van der Waals surface area contributed by atoms with Crippen molar-refractivity contribution in [3.05, 3.63) is 38.9 Å². The lowest BCUT2D eigenvalue weighted by molar-refractivity contribution is -0.388. The fourth-order valence-electron chi connectivity index (χ4n) is 1.45. The lowest BCUT2D eigenvalue weighted by Gasteiger charge is -2.11. The summed E-state index contributed by atoms with van der Waals surface area (Å²) in [7, 11) is 0. The molecule has 0 spiro atoms. The molecule has 0 aromatic heterocycles. The topological polar surface area (TPSA) is 90.7 Å². The summed E-state index contributed by atoms with van der Waals surface area (Å²) in [5.74, 6) is 0. The van der Waals surface area contributed by atoms with Crippen LogP contribution in [0.4, 0.5) is 18.9 Å². The molecule has 5 nitrogen and oxygen atoms in total. The Bertz CT molecular complexity index is 582. The third-order valence-corrected chi connectivity index (χ3v) is 2.08. The van der Waals surface area contributed by atoms with E-state index in [1.165, 1.54) is 12.1 Å². The Morgan fingerprint density at radius 1 is 1.33 bits per heavy atom. The minimum Gasteiger partial charge on any atom is -0.258 e. The number of nitro groups is 1. The number of hydrogen-bond acceptors (Lipinski definition) is 4. The van der Waals surface area contributed by atoms with Crippen LogP contribution in [0.1, 0.15) is 16.7 Å². The van der Waals surface area contributed by atoms with Crippen molar-refractivity contribution in [2.75, 3.05) is 0 Å². The molecule has 1 aromatic carbocycles. The van der Waals surface area contributed by atoms with Crippen molar-refractivity contribution < 1.29 is 18.1 Å². The fraction of sp³-hybridized carbons (Fsp3) is 0.200. The first-order chi connectivity index (χ1) is 8.31. The number of rotatable bonds is 2. The molecule has 8 heteroatoms. The number of nitro benzene ring substituents is 1. The Hall–Kier alpha value is -2.61. The van der Waals surface area contributed by atoms with Gasteiger partial charge in [0.05, 0.1) is 29.0 Å². The Balaban J connectivity index is 3.69. The van der Waals surface area contributed by atoms with Gasteiger partial charge in [0.1, 0.15) is 5.56 Å². The highest BCUT2D eigenvalue weighted by Gasteiger charge is 2.41. The van der Waals surface area contributed by atoms with Gasteiger partial charge in [0, 0.05) is 6.07 Å². The quantitative estimate of drug-likeness (QED) is 0.599. The summed E-state index contributed by atoms with van der Waals surface area (Å²) >= 11 is 0. The summed E-state index contributed by atoms with van der Waals surface area (Å²) in [6.45, 7) is 0. The molecular weight excluding hydrogens is 251 g/mol. The molecule has 0 aliphatic heterocycles. The highest BCUT2D eigenvalue weighted by Crippen LogP contribution is 2.39. The van der Waals surface area contributed by atoms with Crippen molar-refractivity contribution in [1.29, 1.82) is 10.5 Å². The Kier molecular flexibility index (Phi) is 3.53. The second-order valence-electron chi connectivity index (χ2n) is 3.23. The van der Waals surface area contributed by atoms with Gasteiger partial charge in [0.25, 0.3) is 5.69 Å². The summed E-state index contributed by atoms with van der Waals surface area (Å²) in [6.07, 6.45) is -5.62. The van der Waals surface area contributed by atoms with Crippen LogP contribution < -0.4 is 0 Å². The zero-order valence-electron chi connectivity index (χ0n) is 8.65. The van der Waals surface area contributed by atoms with E-state index in [0.29, 0.717) is 6.07 Å². The van der Waals surface area contributed by atoms with E-state index in [4.69, 9.17) is 10.5 Å². The van der Waals surface area contributed by atoms with Crippen molar-refractivity contribution >= 4 is 5.69 Å². The van der Waals surface area contributed by atoms with E-state index in [1.54, 1.807) is 0 Å². The van der Waals surface area contributed by atoms with Crippen LogP contribution in [0, 0.1) is 32.8 Å². The molecule has 0 saturated heterocycles. The predicted molar refractivity (Wildman–Crippen MR) is 52.1 cm³/mol. The van der Waals surface area contributed by atoms with E-state index in [-0.39, 0.29) is 5.56 Å². The van der Waals surface area contributed by atoms with Gasteiger partial charge in [0.2, 0.25) is 0 Å². The number of halogens is 3. The number of hydrogen-bond donors (Lipinski definition) is 0. The molecule has 1 aromatic rings. The minimum atomic E-state index is -4.96. The van der Waals surface area contributed by atoms with Crippen molar-refractivity contribution in [2.24, 2.45) is 0 Å². The Labute approximate surface area is 98.8 Å². The van der Waals surface area contributed by atoms with E-state index < -0.39 is 34.3 Å². The van der Waals surface area contributed by atoms with Gasteiger partial charge < -0.3 is 0 Å². The first-order valence-electron chi connectivity index (χ1n) is 4.46. The van der Waals surface area contributed by atoms with Gasteiger partial charge in [-0.25, -0.2) is 0 Å². The van der Waals surface area contributed by atoms with Gasteiger partial charge in [-0.3, -0.25) is 10.1 Å². The van der Waals surface area contributed by atoms with Crippen LogP contribution in [0.5, 0.6) is 0 Å². The molecule has 0 N–H and O–H groups in total. The fourth-order valence-corrected chi connectivity index (χ4v) is 1.45. The second-order valence-corrected chi connectivity index (χ2v) is 3.23. The predicted octanol–water partition coefficient (Wildman–Crippen LogP) is 2.55. The van der Waals surface area contributed by atoms with Gasteiger partial charge in [-0.15, -0.1) is 0 Å². The number of nitrogens with zero attached hydrogens (tertiary/aromatic N) is 3. The number of benzene rings is 1. The maximum atomic E-state index is 12.7. The normalized spacial score (nSPS) is 10.5. The smallest absolute Gasteiger partial charge is 0.258 e.